The maximum atomic E-state index is 12.8. The zero-order valence-corrected chi connectivity index (χ0v) is 21.5. The molecule has 5 nitrogen and oxygen atoms in total. The van der Waals surface area contributed by atoms with Crippen LogP contribution in [0.1, 0.15) is 58.9 Å². The van der Waals surface area contributed by atoms with Crippen molar-refractivity contribution in [1.29, 1.82) is 0 Å². The lowest BCUT2D eigenvalue weighted by molar-refractivity contribution is -0.134. The molecule has 3 N–H and O–H groups in total. The Kier molecular flexibility index (Phi) is 9.82. The minimum Gasteiger partial charge on any atom is -0.381 e. The van der Waals surface area contributed by atoms with Crippen molar-refractivity contribution in [2.45, 2.75) is 72.0 Å². The predicted molar refractivity (Wildman–Crippen MR) is 144 cm³/mol. The van der Waals surface area contributed by atoms with E-state index in [0.717, 1.165) is 57.5 Å². The first-order chi connectivity index (χ1) is 16.3. The van der Waals surface area contributed by atoms with Crippen LogP contribution in [0.5, 0.6) is 0 Å². The largest absolute Gasteiger partial charge is 0.381 e. The van der Waals surface area contributed by atoms with Gasteiger partial charge in [-0.2, -0.15) is 0 Å². The molecule has 1 unspecified atom stereocenters. The van der Waals surface area contributed by atoms with Gasteiger partial charge in [0.1, 0.15) is 0 Å². The van der Waals surface area contributed by atoms with Gasteiger partial charge in [0.15, 0.2) is 0 Å². The maximum Gasteiger partial charge on any atom is 0.239 e. The van der Waals surface area contributed by atoms with Crippen LogP contribution in [-0.4, -0.2) is 42.5 Å². The van der Waals surface area contributed by atoms with Gasteiger partial charge in [-0.1, -0.05) is 58.0 Å². The molecule has 1 fully saturated rings. The number of nitrogens with one attached hydrogen (secondary N) is 1. The van der Waals surface area contributed by atoms with Crippen LogP contribution in [0.2, 0.25) is 0 Å². The monoisotopic (exact) mass is 464 g/mol. The van der Waals surface area contributed by atoms with Crippen LogP contribution in [-0.2, 0) is 11.3 Å². The van der Waals surface area contributed by atoms with Crippen LogP contribution >= 0.6 is 0 Å². The molecule has 0 aromatic heterocycles. The standard InChI is InChI=1S/C29H44N4O/c1-22(2)14-19-33(27-15-17-32(18-16-27)29(34)28(30)20-23(3)4)26-12-10-25(11-13-26)31-21-24-8-6-5-7-9-24/h5-13,22-23,27-28,31H,14-21,30H2,1-4H3. The third kappa shape index (κ3) is 7.76. The van der Waals surface area contributed by atoms with Crippen molar-refractivity contribution in [3.8, 4) is 0 Å². The van der Waals surface area contributed by atoms with Crippen molar-refractivity contribution in [2.24, 2.45) is 17.6 Å². The van der Waals surface area contributed by atoms with E-state index >= 15 is 0 Å². The number of piperidine rings is 1. The number of anilines is 2. The third-order valence-electron chi connectivity index (χ3n) is 6.75. The number of hydrogen-bond donors (Lipinski definition) is 2. The molecule has 5 heteroatoms. The van der Waals surface area contributed by atoms with Gasteiger partial charge < -0.3 is 20.9 Å². The number of carbonyl (C=O) groups excluding carboxylic acids is 1. The van der Waals surface area contributed by atoms with E-state index < -0.39 is 0 Å². The van der Waals surface area contributed by atoms with Gasteiger partial charge in [0.05, 0.1) is 6.04 Å². The van der Waals surface area contributed by atoms with E-state index in [1.807, 2.05) is 11.0 Å². The van der Waals surface area contributed by atoms with Crippen LogP contribution in [0.15, 0.2) is 54.6 Å². The molecule has 0 radical (unpaired) electrons. The maximum absolute atomic E-state index is 12.8. The van der Waals surface area contributed by atoms with Crippen molar-refractivity contribution in [1.82, 2.24) is 4.90 Å². The van der Waals surface area contributed by atoms with Crippen molar-refractivity contribution < 1.29 is 4.79 Å². The molecular formula is C29H44N4O. The van der Waals surface area contributed by atoms with Gasteiger partial charge in [-0.15, -0.1) is 0 Å². The van der Waals surface area contributed by atoms with Gasteiger partial charge in [0.2, 0.25) is 5.91 Å². The summed E-state index contributed by atoms with van der Waals surface area (Å²) >= 11 is 0. The normalized spacial score (nSPS) is 15.6. The van der Waals surface area contributed by atoms with Crippen LogP contribution in [0.25, 0.3) is 0 Å². The highest BCUT2D eigenvalue weighted by Gasteiger charge is 2.29. The highest BCUT2D eigenvalue weighted by atomic mass is 16.2. The number of nitrogens with zero attached hydrogens (tertiary/aromatic N) is 2. The third-order valence-corrected chi connectivity index (χ3v) is 6.75. The van der Waals surface area contributed by atoms with Gasteiger partial charge in [-0.25, -0.2) is 0 Å². The molecule has 0 aliphatic carbocycles. The second-order valence-electron chi connectivity index (χ2n) is 10.6. The number of benzene rings is 2. The first-order valence-electron chi connectivity index (χ1n) is 13.0. The molecule has 1 heterocycles. The molecule has 1 aliphatic heterocycles. The summed E-state index contributed by atoms with van der Waals surface area (Å²) in [6, 6.07) is 19.4. The molecule has 1 amide bonds. The van der Waals surface area contributed by atoms with E-state index in [9.17, 15) is 4.79 Å². The quantitative estimate of drug-likeness (QED) is 0.460. The zero-order chi connectivity index (χ0) is 24.5. The SMILES string of the molecule is CC(C)CCN(c1ccc(NCc2ccccc2)cc1)C1CCN(C(=O)C(N)CC(C)C)CC1. The molecule has 2 aromatic carbocycles. The number of likely N-dealkylation sites (tertiary alicyclic amines) is 1. The van der Waals surface area contributed by atoms with E-state index in [4.69, 9.17) is 5.73 Å². The van der Waals surface area contributed by atoms with Crippen molar-refractivity contribution in [3.63, 3.8) is 0 Å². The fourth-order valence-corrected chi connectivity index (χ4v) is 4.73. The first kappa shape index (κ1) is 26.1. The predicted octanol–water partition coefficient (Wildman–Crippen LogP) is 5.52. The van der Waals surface area contributed by atoms with Crippen LogP contribution in [0.3, 0.4) is 0 Å². The highest BCUT2D eigenvalue weighted by molar-refractivity contribution is 5.81. The van der Waals surface area contributed by atoms with Crippen LogP contribution < -0.4 is 16.0 Å². The number of nitrogens with two attached hydrogens (primary N) is 1. The van der Waals surface area contributed by atoms with Crippen LogP contribution in [0.4, 0.5) is 11.4 Å². The molecule has 2 aromatic rings. The average molecular weight is 465 g/mol. The fraction of sp³-hybridized carbons (Fsp3) is 0.552. The minimum absolute atomic E-state index is 0.120. The minimum atomic E-state index is -0.371. The summed E-state index contributed by atoms with van der Waals surface area (Å²) in [5, 5.41) is 3.52. The molecule has 0 spiro atoms. The molecule has 3 rings (SSSR count). The van der Waals surface area contributed by atoms with Crippen molar-refractivity contribution >= 4 is 17.3 Å². The summed E-state index contributed by atoms with van der Waals surface area (Å²) in [4.78, 5) is 17.3. The molecule has 1 atom stereocenters. The lowest BCUT2D eigenvalue weighted by Crippen LogP contribution is -2.51. The Morgan fingerprint density at radius 1 is 1.00 bits per heavy atom. The van der Waals surface area contributed by atoms with Gasteiger partial charge in [0.25, 0.3) is 0 Å². The van der Waals surface area contributed by atoms with Crippen molar-refractivity contribution in [2.75, 3.05) is 29.9 Å². The van der Waals surface area contributed by atoms with Gasteiger partial charge in [0, 0.05) is 43.6 Å². The molecular weight excluding hydrogens is 420 g/mol. The summed E-state index contributed by atoms with van der Waals surface area (Å²) in [6.45, 7) is 12.3. The molecule has 186 valence electrons. The Labute approximate surface area is 206 Å². The van der Waals surface area contributed by atoms with Gasteiger partial charge >= 0.3 is 0 Å². The Balaban J connectivity index is 1.61. The van der Waals surface area contributed by atoms with E-state index in [1.54, 1.807) is 0 Å². The Morgan fingerprint density at radius 3 is 2.24 bits per heavy atom. The van der Waals surface area contributed by atoms with E-state index in [0.29, 0.717) is 17.9 Å². The summed E-state index contributed by atoms with van der Waals surface area (Å²) < 4.78 is 0. The Morgan fingerprint density at radius 2 is 1.65 bits per heavy atom. The Hall–Kier alpha value is -2.53. The summed E-state index contributed by atoms with van der Waals surface area (Å²) in [7, 11) is 0. The molecule has 0 bridgehead atoms. The fourth-order valence-electron chi connectivity index (χ4n) is 4.73. The van der Waals surface area contributed by atoms with Gasteiger partial charge in [-0.05, 0) is 67.3 Å². The second kappa shape index (κ2) is 12.8. The smallest absolute Gasteiger partial charge is 0.239 e. The van der Waals surface area contributed by atoms with E-state index in [2.05, 4.69) is 86.4 Å². The molecule has 1 aliphatic rings. The Bertz CT molecular complexity index is 857. The lowest BCUT2D eigenvalue weighted by atomic mass is 9.98. The number of carbonyl (C=O) groups is 1. The lowest BCUT2D eigenvalue weighted by Gasteiger charge is -2.41. The summed E-state index contributed by atoms with van der Waals surface area (Å²) in [5.41, 5.74) is 9.87. The van der Waals surface area contributed by atoms with Crippen molar-refractivity contribution in [3.05, 3.63) is 60.2 Å². The molecule has 0 saturated carbocycles. The highest BCUT2D eigenvalue weighted by Crippen LogP contribution is 2.27. The topological polar surface area (TPSA) is 61.6 Å². The number of amides is 1. The molecule has 34 heavy (non-hydrogen) atoms. The van der Waals surface area contributed by atoms with E-state index in [1.165, 1.54) is 11.3 Å². The number of hydrogen-bond acceptors (Lipinski definition) is 4. The first-order valence-corrected chi connectivity index (χ1v) is 13.0. The van der Waals surface area contributed by atoms with Gasteiger partial charge in [-0.3, -0.25) is 4.79 Å². The van der Waals surface area contributed by atoms with Crippen LogP contribution in [0, 0.1) is 11.8 Å². The zero-order valence-electron chi connectivity index (χ0n) is 21.5. The summed E-state index contributed by atoms with van der Waals surface area (Å²) in [6.07, 6.45) is 3.90. The molecule has 1 saturated heterocycles. The van der Waals surface area contributed by atoms with E-state index in [-0.39, 0.29) is 11.9 Å². The number of rotatable bonds is 11. The summed E-state index contributed by atoms with van der Waals surface area (Å²) in [5.74, 6) is 1.22. The average Bonchev–Trinajstić information content (AvgIpc) is 2.83. The second-order valence-corrected chi connectivity index (χ2v) is 10.6.